The second-order valence-corrected chi connectivity index (χ2v) is 8.24. The standard InChI is InChI=1S/C26H14F6N2O5/c27-25(28,29)14-3-8-20(26(30,31)32)18(9-14)24-33-22(34-39-24)12-37-16-6-7-17-21(10-16)38-11-19(23(17)36)13-1-4-15(35)5-2-13/h1-11,35H,12H2. The Bertz CT molecular complexity index is 1720. The molecule has 0 aliphatic heterocycles. The highest BCUT2D eigenvalue weighted by atomic mass is 19.4. The second kappa shape index (κ2) is 9.49. The van der Waals surface area contributed by atoms with E-state index in [1.165, 1.54) is 36.6 Å². The molecule has 0 unspecified atom stereocenters. The molecule has 2 heterocycles. The molecule has 7 nitrogen and oxygen atoms in total. The van der Waals surface area contributed by atoms with Crippen molar-refractivity contribution in [3.8, 4) is 34.1 Å². The molecule has 5 rings (SSSR count). The van der Waals surface area contributed by atoms with Gasteiger partial charge in [-0.25, -0.2) is 0 Å². The van der Waals surface area contributed by atoms with Crippen LogP contribution in [0.4, 0.5) is 26.3 Å². The SMILES string of the molecule is O=c1c(-c2ccc(O)cc2)coc2cc(OCc3noc(-c4cc(C(F)(F)F)ccc4C(F)(F)F)n3)ccc12. The number of hydrogen-bond donors (Lipinski definition) is 1. The summed E-state index contributed by atoms with van der Waals surface area (Å²) in [5, 5.41) is 13.2. The first kappa shape index (κ1) is 25.8. The quantitative estimate of drug-likeness (QED) is 0.240. The Labute approximate surface area is 213 Å². The van der Waals surface area contributed by atoms with Gasteiger partial charge in [0.15, 0.2) is 12.0 Å². The van der Waals surface area contributed by atoms with Crippen molar-refractivity contribution in [2.45, 2.75) is 19.0 Å². The third kappa shape index (κ3) is 5.28. The Balaban J connectivity index is 1.38. The molecule has 13 heteroatoms. The van der Waals surface area contributed by atoms with E-state index in [0.717, 1.165) is 0 Å². The van der Waals surface area contributed by atoms with E-state index in [4.69, 9.17) is 13.7 Å². The molecule has 0 aliphatic rings. The molecule has 0 saturated heterocycles. The van der Waals surface area contributed by atoms with Gasteiger partial charge in [-0.2, -0.15) is 31.3 Å². The highest BCUT2D eigenvalue weighted by Gasteiger charge is 2.38. The highest BCUT2D eigenvalue weighted by Crippen LogP contribution is 2.40. The number of phenols is 1. The molecule has 0 atom stereocenters. The van der Waals surface area contributed by atoms with Crippen LogP contribution >= 0.6 is 0 Å². The zero-order valence-corrected chi connectivity index (χ0v) is 19.3. The molecule has 0 fully saturated rings. The molecule has 0 amide bonds. The maximum atomic E-state index is 13.4. The predicted octanol–water partition coefficient (Wildman–Crippen LogP) is 6.83. The summed E-state index contributed by atoms with van der Waals surface area (Å²) in [5.74, 6) is -0.780. The zero-order chi connectivity index (χ0) is 27.9. The van der Waals surface area contributed by atoms with Crippen LogP contribution in [-0.4, -0.2) is 15.2 Å². The number of aromatic nitrogens is 2. The molecule has 2 aromatic heterocycles. The van der Waals surface area contributed by atoms with Crippen LogP contribution in [0.5, 0.6) is 11.5 Å². The molecule has 5 aromatic rings. The van der Waals surface area contributed by atoms with Gasteiger partial charge in [-0.1, -0.05) is 17.3 Å². The molecule has 0 spiro atoms. The second-order valence-electron chi connectivity index (χ2n) is 8.24. The summed E-state index contributed by atoms with van der Waals surface area (Å²) in [4.78, 5) is 16.6. The van der Waals surface area contributed by atoms with Crippen molar-refractivity contribution in [1.29, 1.82) is 0 Å². The summed E-state index contributed by atoms with van der Waals surface area (Å²) in [6.07, 6.45) is -8.61. The fraction of sp³-hybridized carbons (Fsp3) is 0.115. The number of hydrogen-bond acceptors (Lipinski definition) is 7. The van der Waals surface area contributed by atoms with Gasteiger partial charge in [0.2, 0.25) is 5.82 Å². The summed E-state index contributed by atoms with van der Waals surface area (Å²) in [5.41, 5.74) is -2.97. The molecule has 200 valence electrons. The van der Waals surface area contributed by atoms with E-state index in [1.54, 1.807) is 12.1 Å². The van der Waals surface area contributed by atoms with Crippen LogP contribution < -0.4 is 10.2 Å². The summed E-state index contributed by atoms with van der Waals surface area (Å²) < 4.78 is 95.3. The van der Waals surface area contributed by atoms with Crippen LogP contribution in [0.3, 0.4) is 0 Å². The van der Waals surface area contributed by atoms with Crippen molar-refractivity contribution in [3.05, 3.63) is 94.1 Å². The van der Waals surface area contributed by atoms with Crippen molar-refractivity contribution < 1.29 is 45.1 Å². The Kier molecular flexibility index (Phi) is 6.29. The van der Waals surface area contributed by atoms with E-state index in [-0.39, 0.29) is 39.3 Å². The minimum absolute atomic E-state index is 0.0371. The summed E-state index contributed by atoms with van der Waals surface area (Å²) in [7, 11) is 0. The van der Waals surface area contributed by atoms with Crippen molar-refractivity contribution in [2.75, 3.05) is 0 Å². The average molecular weight is 548 g/mol. The Morgan fingerprint density at radius 3 is 2.31 bits per heavy atom. The van der Waals surface area contributed by atoms with E-state index in [9.17, 15) is 36.2 Å². The average Bonchev–Trinajstić information content (AvgIpc) is 3.36. The highest BCUT2D eigenvalue weighted by molar-refractivity contribution is 5.82. The molecule has 1 N–H and O–H groups in total. The van der Waals surface area contributed by atoms with Gasteiger partial charge in [0.25, 0.3) is 5.89 Å². The van der Waals surface area contributed by atoms with Crippen molar-refractivity contribution >= 4 is 11.0 Å². The van der Waals surface area contributed by atoms with Gasteiger partial charge in [0, 0.05) is 6.07 Å². The summed E-state index contributed by atoms with van der Waals surface area (Å²) >= 11 is 0. The number of ether oxygens (including phenoxy) is 1. The molecule has 0 radical (unpaired) electrons. The van der Waals surface area contributed by atoms with Crippen LogP contribution in [0.15, 0.2) is 80.7 Å². The van der Waals surface area contributed by atoms with Gasteiger partial charge in [-0.3, -0.25) is 4.79 Å². The van der Waals surface area contributed by atoms with E-state index >= 15 is 0 Å². The van der Waals surface area contributed by atoms with Crippen LogP contribution in [-0.2, 0) is 19.0 Å². The van der Waals surface area contributed by atoms with Gasteiger partial charge in [-0.15, -0.1) is 0 Å². The van der Waals surface area contributed by atoms with Gasteiger partial charge in [0.1, 0.15) is 23.3 Å². The first-order chi connectivity index (χ1) is 18.4. The number of halogens is 6. The van der Waals surface area contributed by atoms with E-state index in [0.29, 0.717) is 23.8 Å². The van der Waals surface area contributed by atoms with Crippen molar-refractivity contribution in [1.82, 2.24) is 10.1 Å². The van der Waals surface area contributed by atoms with Gasteiger partial charge in [-0.05, 0) is 48.0 Å². The maximum Gasteiger partial charge on any atom is 0.417 e. The van der Waals surface area contributed by atoms with Gasteiger partial charge in [0.05, 0.1) is 27.6 Å². The molecule has 0 bridgehead atoms. The summed E-state index contributed by atoms with van der Waals surface area (Å²) in [6.45, 7) is -0.412. The maximum absolute atomic E-state index is 13.4. The number of phenolic OH excluding ortho intramolecular Hbond substituents is 1. The number of nitrogens with zero attached hydrogens (tertiary/aromatic N) is 2. The molecular weight excluding hydrogens is 534 g/mol. The Morgan fingerprint density at radius 1 is 0.872 bits per heavy atom. The number of aromatic hydroxyl groups is 1. The molecule has 3 aromatic carbocycles. The lowest BCUT2D eigenvalue weighted by Crippen LogP contribution is -2.11. The molecular formula is C26H14F6N2O5. The number of benzene rings is 3. The van der Waals surface area contributed by atoms with Gasteiger partial charge < -0.3 is 18.8 Å². The van der Waals surface area contributed by atoms with Crippen molar-refractivity contribution in [3.63, 3.8) is 0 Å². The fourth-order valence-electron chi connectivity index (χ4n) is 3.75. The van der Waals surface area contributed by atoms with Crippen LogP contribution in [0.1, 0.15) is 17.0 Å². The molecule has 39 heavy (non-hydrogen) atoms. The lowest BCUT2D eigenvalue weighted by molar-refractivity contribution is -0.141. The third-order valence-electron chi connectivity index (χ3n) is 5.64. The number of fused-ring (bicyclic) bond motifs is 1. The van der Waals surface area contributed by atoms with Crippen LogP contribution in [0, 0.1) is 0 Å². The van der Waals surface area contributed by atoms with E-state index in [1.807, 2.05) is 0 Å². The van der Waals surface area contributed by atoms with E-state index < -0.39 is 41.5 Å². The third-order valence-corrected chi connectivity index (χ3v) is 5.64. The first-order valence-corrected chi connectivity index (χ1v) is 11.0. The fourth-order valence-corrected chi connectivity index (χ4v) is 3.75. The topological polar surface area (TPSA) is 98.6 Å². The zero-order valence-electron chi connectivity index (χ0n) is 19.3. The van der Waals surface area contributed by atoms with Crippen molar-refractivity contribution in [2.24, 2.45) is 0 Å². The largest absolute Gasteiger partial charge is 0.508 e. The Morgan fingerprint density at radius 2 is 1.62 bits per heavy atom. The Hall–Kier alpha value is -4.81. The first-order valence-electron chi connectivity index (χ1n) is 11.0. The number of rotatable bonds is 5. The lowest BCUT2D eigenvalue weighted by Gasteiger charge is -2.13. The summed E-state index contributed by atoms with van der Waals surface area (Å²) in [6, 6.07) is 11.2. The van der Waals surface area contributed by atoms with Crippen LogP contribution in [0.2, 0.25) is 0 Å². The monoisotopic (exact) mass is 548 g/mol. The minimum atomic E-state index is -4.97. The smallest absolute Gasteiger partial charge is 0.417 e. The normalized spacial score (nSPS) is 12.2. The molecule has 0 saturated carbocycles. The van der Waals surface area contributed by atoms with Crippen LogP contribution in [0.25, 0.3) is 33.6 Å². The van der Waals surface area contributed by atoms with E-state index in [2.05, 4.69) is 10.1 Å². The van der Waals surface area contributed by atoms with Gasteiger partial charge >= 0.3 is 12.4 Å². The predicted molar refractivity (Wildman–Crippen MR) is 124 cm³/mol. The lowest BCUT2D eigenvalue weighted by atomic mass is 10.0. The molecule has 0 aliphatic carbocycles. The minimum Gasteiger partial charge on any atom is -0.508 e. The number of alkyl halides is 6.